The van der Waals surface area contributed by atoms with Crippen LogP contribution in [0.4, 0.5) is 5.69 Å². The van der Waals surface area contributed by atoms with E-state index in [4.69, 9.17) is 9.47 Å². The summed E-state index contributed by atoms with van der Waals surface area (Å²) in [4.78, 5) is 4.06. The SMILES string of the molecule is CC(C)c1cccc(N[C@H]2CN(S(=O)(=O)c3cn(C)cn3)C[C@@H]2C2OCCCO2)c1. The van der Waals surface area contributed by atoms with Gasteiger partial charge in [0.1, 0.15) is 0 Å². The fraction of sp³-hybridized carbons (Fsp3) is 0.571. The summed E-state index contributed by atoms with van der Waals surface area (Å²) in [5.74, 6) is 0.295. The van der Waals surface area contributed by atoms with Crippen LogP contribution in [0.3, 0.4) is 0 Å². The van der Waals surface area contributed by atoms with Crippen molar-refractivity contribution in [2.24, 2.45) is 13.0 Å². The van der Waals surface area contributed by atoms with Gasteiger partial charge in [0.15, 0.2) is 11.3 Å². The van der Waals surface area contributed by atoms with Crippen LogP contribution in [0.1, 0.15) is 31.7 Å². The monoisotopic (exact) mass is 434 g/mol. The Kier molecular flexibility index (Phi) is 6.15. The third-order valence-electron chi connectivity index (χ3n) is 5.72. The second-order valence-corrected chi connectivity index (χ2v) is 10.2. The van der Waals surface area contributed by atoms with Crippen molar-refractivity contribution in [3.63, 3.8) is 0 Å². The molecule has 8 nitrogen and oxygen atoms in total. The topological polar surface area (TPSA) is 85.7 Å². The number of nitrogens with zero attached hydrogens (tertiary/aromatic N) is 3. The maximum absolute atomic E-state index is 13.2. The van der Waals surface area contributed by atoms with Gasteiger partial charge in [-0.2, -0.15) is 4.31 Å². The number of hydrogen-bond acceptors (Lipinski definition) is 6. The zero-order valence-corrected chi connectivity index (χ0v) is 18.5. The zero-order chi connectivity index (χ0) is 21.3. The van der Waals surface area contributed by atoms with Crippen molar-refractivity contribution in [3.8, 4) is 0 Å². The molecule has 9 heteroatoms. The molecule has 1 N–H and O–H groups in total. The molecule has 1 aromatic heterocycles. The second kappa shape index (κ2) is 8.66. The van der Waals surface area contributed by atoms with Crippen molar-refractivity contribution in [2.45, 2.75) is 43.5 Å². The molecule has 2 aliphatic rings. The number of anilines is 1. The number of hydrogen-bond donors (Lipinski definition) is 1. The highest BCUT2D eigenvalue weighted by atomic mass is 32.2. The predicted molar refractivity (Wildman–Crippen MR) is 114 cm³/mol. The molecule has 3 heterocycles. The first kappa shape index (κ1) is 21.3. The van der Waals surface area contributed by atoms with Crippen molar-refractivity contribution >= 4 is 15.7 Å². The average molecular weight is 435 g/mol. The van der Waals surface area contributed by atoms with E-state index in [1.165, 1.54) is 22.4 Å². The minimum absolute atomic E-state index is 0.0664. The summed E-state index contributed by atoms with van der Waals surface area (Å²) in [6, 6.07) is 8.14. The number of aromatic nitrogens is 2. The molecule has 30 heavy (non-hydrogen) atoms. The standard InChI is InChI=1S/C21H30N4O4S/c1-15(2)16-6-4-7-17(10-16)23-19-12-25(11-18(19)21-28-8-5-9-29-21)30(26,27)20-13-24(3)14-22-20/h4,6-7,10,13-15,18-19,21,23H,5,8-9,11-12H2,1-3H3/t18-,19-/m0/s1. The molecule has 2 aliphatic heterocycles. The molecule has 0 unspecified atom stereocenters. The van der Waals surface area contributed by atoms with E-state index in [-0.39, 0.29) is 17.0 Å². The normalized spacial score (nSPS) is 23.9. The molecule has 0 aliphatic carbocycles. The Bertz CT molecular complexity index is 969. The van der Waals surface area contributed by atoms with Crippen LogP contribution in [-0.2, 0) is 26.5 Å². The number of imidazole rings is 1. The van der Waals surface area contributed by atoms with Gasteiger partial charge in [-0.15, -0.1) is 0 Å². The van der Waals surface area contributed by atoms with E-state index < -0.39 is 16.3 Å². The summed E-state index contributed by atoms with van der Waals surface area (Å²) in [6.07, 6.45) is 3.47. The summed E-state index contributed by atoms with van der Waals surface area (Å²) in [5, 5.41) is 3.62. The van der Waals surface area contributed by atoms with E-state index in [9.17, 15) is 8.42 Å². The molecule has 1 aromatic carbocycles. The maximum Gasteiger partial charge on any atom is 0.262 e. The molecule has 0 radical (unpaired) electrons. The van der Waals surface area contributed by atoms with Gasteiger partial charge < -0.3 is 19.4 Å². The quantitative estimate of drug-likeness (QED) is 0.752. The average Bonchev–Trinajstić information content (AvgIpc) is 3.36. The molecular formula is C21H30N4O4S. The van der Waals surface area contributed by atoms with Crippen LogP contribution in [0.5, 0.6) is 0 Å². The zero-order valence-electron chi connectivity index (χ0n) is 17.7. The van der Waals surface area contributed by atoms with Gasteiger partial charge in [0.05, 0.1) is 19.5 Å². The van der Waals surface area contributed by atoms with E-state index >= 15 is 0 Å². The fourth-order valence-corrected chi connectivity index (χ4v) is 5.50. The van der Waals surface area contributed by atoms with Crippen LogP contribution in [-0.4, -0.2) is 60.9 Å². The van der Waals surface area contributed by atoms with Gasteiger partial charge >= 0.3 is 0 Å². The minimum Gasteiger partial charge on any atom is -0.380 e. The molecule has 164 valence electrons. The number of sulfonamides is 1. The Morgan fingerprint density at radius 1 is 1.20 bits per heavy atom. The molecule has 2 fully saturated rings. The largest absolute Gasteiger partial charge is 0.380 e. The van der Waals surface area contributed by atoms with E-state index in [2.05, 4.69) is 36.3 Å². The molecule has 0 spiro atoms. The van der Waals surface area contributed by atoms with Gasteiger partial charge in [-0.25, -0.2) is 13.4 Å². The van der Waals surface area contributed by atoms with Gasteiger partial charge in [-0.1, -0.05) is 26.0 Å². The Hall–Kier alpha value is -1.94. The summed E-state index contributed by atoms with van der Waals surface area (Å²) in [6.45, 7) is 6.22. The van der Waals surface area contributed by atoms with Crippen LogP contribution < -0.4 is 5.32 Å². The number of benzene rings is 1. The first-order valence-corrected chi connectivity index (χ1v) is 11.9. The predicted octanol–water partition coefficient (Wildman–Crippen LogP) is 2.41. The Morgan fingerprint density at radius 3 is 2.63 bits per heavy atom. The van der Waals surface area contributed by atoms with Crippen molar-refractivity contribution in [1.29, 1.82) is 0 Å². The molecule has 2 saturated heterocycles. The molecule has 2 aromatic rings. The Labute approximate surface area is 178 Å². The highest BCUT2D eigenvalue weighted by molar-refractivity contribution is 7.89. The first-order valence-electron chi connectivity index (χ1n) is 10.4. The van der Waals surface area contributed by atoms with E-state index in [1.54, 1.807) is 11.6 Å². The molecule has 0 saturated carbocycles. The van der Waals surface area contributed by atoms with Gasteiger partial charge in [0.25, 0.3) is 10.0 Å². The maximum atomic E-state index is 13.2. The summed E-state index contributed by atoms with van der Waals surface area (Å²) < 4.78 is 41.2. The third-order valence-corrected chi connectivity index (χ3v) is 7.44. The van der Waals surface area contributed by atoms with Crippen LogP contribution in [0, 0.1) is 5.92 Å². The minimum atomic E-state index is -3.69. The number of rotatable bonds is 6. The Morgan fingerprint density at radius 2 is 1.97 bits per heavy atom. The van der Waals surface area contributed by atoms with Crippen molar-refractivity contribution < 1.29 is 17.9 Å². The highest BCUT2D eigenvalue weighted by Crippen LogP contribution is 2.31. The first-order chi connectivity index (χ1) is 14.3. The lowest BCUT2D eigenvalue weighted by molar-refractivity contribution is -0.203. The van der Waals surface area contributed by atoms with Crippen molar-refractivity contribution in [2.75, 3.05) is 31.6 Å². The van der Waals surface area contributed by atoms with E-state index in [0.717, 1.165) is 12.1 Å². The Balaban J connectivity index is 1.59. The smallest absolute Gasteiger partial charge is 0.262 e. The molecule has 2 atom stereocenters. The molecule has 0 amide bonds. The van der Waals surface area contributed by atoms with Gasteiger partial charge in [0.2, 0.25) is 0 Å². The second-order valence-electron chi connectivity index (χ2n) is 8.36. The van der Waals surface area contributed by atoms with Crippen LogP contribution >= 0.6 is 0 Å². The molecular weight excluding hydrogens is 404 g/mol. The third kappa shape index (κ3) is 4.39. The summed E-state index contributed by atoms with van der Waals surface area (Å²) in [7, 11) is -1.93. The number of aryl methyl sites for hydroxylation is 1. The van der Waals surface area contributed by atoms with E-state index in [1.807, 2.05) is 12.1 Å². The fourth-order valence-electron chi connectivity index (χ4n) is 4.03. The number of nitrogens with one attached hydrogen (secondary N) is 1. The van der Waals surface area contributed by atoms with Gasteiger partial charge in [-0.05, 0) is 30.0 Å². The van der Waals surface area contributed by atoms with Gasteiger partial charge in [0, 0.05) is 44.0 Å². The summed E-state index contributed by atoms with van der Waals surface area (Å²) >= 11 is 0. The van der Waals surface area contributed by atoms with E-state index in [0.29, 0.717) is 32.2 Å². The van der Waals surface area contributed by atoms with Crippen LogP contribution in [0.15, 0.2) is 41.8 Å². The molecule has 4 rings (SSSR count). The van der Waals surface area contributed by atoms with Gasteiger partial charge in [-0.3, -0.25) is 0 Å². The lowest BCUT2D eigenvalue weighted by Gasteiger charge is -2.31. The molecule has 0 bridgehead atoms. The number of ether oxygens (including phenoxy) is 2. The van der Waals surface area contributed by atoms with Crippen molar-refractivity contribution in [1.82, 2.24) is 13.9 Å². The van der Waals surface area contributed by atoms with Crippen LogP contribution in [0.25, 0.3) is 0 Å². The van der Waals surface area contributed by atoms with Crippen LogP contribution in [0.2, 0.25) is 0 Å². The summed E-state index contributed by atoms with van der Waals surface area (Å²) in [5.41, 5.74) is 2.21. The highest BCUT2D eigenvalue weighted by Gasteiger charge is 2.45. The lowest BCUT2D eigenvalue weighted by atomic mass is 10.0. The van der Waals surface area contributed by atoms with Crippen molar-refractivity contribution in [3.05, 3.63) is 42.4 Å². The lowest BCUT2D eigenvalue weighted by Crippen LogP contribution is -2.41.